The van der Waals surface area contributed by atoms with Crippen molar-refractivity contribution in [2.45, 2.75) is 44.8 Å². The summed E-state index contributed by atoms with van der Waals surface area (Å²) in [6, 6.07) is 0. The first-order chi connectivity index (χ1) is 5.25. The maximum absolute atomic E-state index is 10.4. The van der Waals surface area contributed by atoms with Gasteiger partial charge >= 0.3 is 5.97 Å². The number of unbranched alkanes of at least 4 members (excludes halogenated alkanes) is 2. The average Bonchev–Trinajstić information content (AvgIpc) is 2.03. The second-order valence-electron chi connectivity index (χ2n) is 2.92. The third-order valence-electron chi connectivity index (χ3n) is 1.95. The van der Waals surface area contributed by atoms with E-state index in [2.05, 4.69) is 6.92 Å². The fourth-order valence-electron chi connectivity index (χ4n) is 1.18. The van der Waals surface area contributed by atoms with Gasteiger partial charge in [-0.1, -0.05) is 19.8 Å². The topological polar surface area (TPSA) is 46.5 Å². The van der Waals surface area contributed by atoms with Crippen LogP contribution in [0.3, 0.4) is 0 Å². The minimum absolute atomic E-state index is 0.214. The van der Waals surface area contributed by atoms with Crippen molar-refractivity contribution in [2.75, 3.05) is 0 Å². The zero-order chi connectivity index (χ0) is 8.27. The molecule has 2 atom stereocenters. The second-order valence-corrected chi connectivity index (χ2v) is 2.92. The first kappa shape index (κ1) is 8.53. The van der Waals surface area contributed by atoms with Crippen LogP contribution in [0.2, 0.25) is 0 Å². The third-order valence-corrected chi connectivity index (χ3v) is 1.95. The van der Waals surface area contributed by atoms with Crippen LogP contribution in [0, 0.1) is 0 Å². The summed E-state index contributed by atoms with van der Waals surface area (Å²) in [4.78, 5) is 10.4. The van der Waals surface area contributed by atoms with Gasteiger partial charge in [0.1, 0.15) is 6.10 Å². The third kappa shape index (κ3) is 1.93. The minimum Gasteiger partial charge on any atom is -0.457 e. The van der Waals surface area contributed by atoms with Gasteiger partial charge in [-0.25, -0.2) is 4.79 Å². The van der Waals surface area contributed by atoms with Gasteiger partial charge in [-0.3, -0.25) is 0 Å². The average molecular weight is 158 g/mol. The molecule has 0 aromatic heterocycles. The SMILES string of the molecule is CCCCCC1OC(=O)C1O. The van der Waals surface area contributed by atoms with Gasteiger partial charge in [0.2, 0.25) is 0 Å². The highest BCUT2D eigenvalue weighted by Crippen LogP contribution is 2.20. The Labute approximate surface area is 66.4 Å². The summed E-state index contributed by atoms with van der Waals surface area (Å²) in [6.07, 6.45) is 3.07. The van der Waals surface area contributed by atoms with Crippen LogP contribution < -0.4 is 0 Å². The smallest absolute Gasteiger partial charge is 0.339 e. The fourth-order valence-corrected chi connectivity index (χ4v) is 1.18. The Morgan fingerprint density at radius 2 is 2.27 bits per heavy atom. The predicted molar refractivity (Wildman–Crippen MR) is 40.0 cm³/mol. The molecule has 3 nitrogen and oxygen atoms in total. The predicted octanol–water partition coefficient (Wildman–Crippen LogP) is 0.853. The summed E-state index contributed by atoms with van der Waals surface area (Å²) >= 11 is 0. The number of carbonyl (C=O) groups excluding carboxylic acids is 1. The molecular weight excluding hydrogens is 144 g/mol. The number of hydrogen-bond donors (Lipinski definition) is 1. The molecule has 1 N–H and O–H groups in total. The van der Waals surface area contributed by atoms with Crippen molar-refractivity contribution in [3.8, 4) is 0 Å². The van der Waals surface area contributed by atoms with Crippen LogP contribution in [0.5, 0.6) is 0 Å². The fraction of sp³-hybridized carbons (Fsp3) is 0.875. The molecule has 0 amide bonds. The lowest BCUT2D eigenvalue weighted by Gasteiger charge is -2.31. The molecule has 64 valence electrons. The Morgan fingerprint density at radius 3 is 2.73 bits per heavy atom. The molecule has 0 aliphatic carbocycles. The second kappa shape index (κ2) is 3.72. The van der Waals surface area contributed by atoms with Crippen LogP contribution in [-0.2, 0) is 9.53 Å². The number of esters is 1. The van der Waals surface area contributed by atoms with Crippen LogP contribution in [0.4, 0.5) is 0 Å². The molecule has 1 fully saturated rings. The van der Waals surface area contributed by atoms with E-state index in [0.717, 1.165) is 25.7 Å². The van der Waals surface area contributed by atoms with E-state index in [4.69, 9.17) is 9.84 Å². The summed E-state index contributed by atoms with van der Waals surface area (Å²) in [5.41, 5.74) is 0. The molecule has 0 spiro atoms. The number of hydrogen-bond acceptors (Lipinski definition) is 3. The summed E-state index contributed by atoms with van der Waals surface area (Å²) < 4.78 is 4.71. The van der Waals surface area contributed by atoms with Gasteiger partial charge in [0, 0.05) is 0 Å². The molecule has 0 aromatic carbocycles. The molecule has 0 radical (unpaired) electrons. The van der Waals surface area contributed by atoms with Gasteiger partial charge in [0.25, 0.3) is 0 Å². The molecular formula is C8H14O3. The highest BCUT2D eigenvalue weighted by atomic mass is 16.6. The highest BCUT2D eigenvalue weighted by molar-refractivity contribution is 5.80. The van der Waals surface area contributed by atoms with Gasteiger partial charge in [0.15, 0.2) is 6.10 Å². The number of aliphatic hydroxyl groups excluding tert-OH is 1. The molecule has 0 bridgehead atoms. The van der Waals surface area contributed by atoms with E-state index in [-0.39, 0.29) is 6.10 Å². The number of carbonyl (C=O) groups is 1. The zero-order valence-electron chi connectivity index (χ0n) is 6.75. The maximum Gasteiger partial charge on any atom is 0.339 e. The van der Waals surface area contributed by atoms with Crippen molar-refractivity contribution in [1.29, 1.82) is 0 Å². The zero-order valence-corrected chi connectivity index (χ0v) is 6.75. The lowest BCUT2D eigenvalue weighted by atomic mass is 10.0. The van der Waals surface area contributed by atoms with Gasteiger partial charge in [-0.05, 0) is 12.8 Å². The maximum atomic E-state index is 10.4. The molecule has 0 saturated carbocycles. The Morgan fingerprint density at radius 1 is 1.55 bits per heavy atom. The van der Waals surface area contributed by atoms with E-state index in [1.54, 1.807) is 0 Å². The number of cyclic esters (lactones) is 1. The summed E-state index contributed by atoms with van der Waals surface area (Å²) in [7, 11) is 0. The molecule has 1 rings (SSSR count). The molecule has 3 heteroatoms. The minimum atomic E-state index is -0.841. The van der Waals surface area contributed by atoms with Crippen LogP contribution in [-0.4, -0.2) is 23.3 Å². The van der Waals surface area contributed by atoms with Gasteiger partial charge in [0.05, 0.1) is 0 Å². The van der Waals surface area contributed by atoms with Gasteiger partial charge < -0.3 is 9.84 Å². The van der Waals surface area contributed by atoms with Crippen LogP contribution >= 0.6 is 0 Å². The van der Waals surface area contributed by atoms with E-state index >= 15 is 0 Å². The molecule has 1 aliphatic heterocycles. The highest BCUT2D eigenvalue weighted by Gasteiger charge is 2.39. The molecule has 0 aromatic rings. The Kier molecular flexibility index (Phi) is 2.88. The normalized spacial score (nSPS) is 29.5. The van der Waals surface area contributed by atoms with Crippen LogP contribution in [0.25, 0.3) is 0 Å². The van der Waals surface area contributed by atoms with Crippen molar-refractivity contribution < 1.29 is 14.6 Å². The van der Waals surface area contributed by atoms with Gasteiger partial charge in [-0.15, -0.1) is 0 Å². The molecule has 1 aliphatic rings. The summed E-state index contributed by atoms with van der Waals surface area (Å²) in [6.45, 7) is 2.11. The van der Waals surface area contributed by atoms with Crippen molar-refractivity contribution >= 4 is 5.97 Å². The first-order valence-corrected chi connectivity index (χ1v) is 4.14. The van der Waals surface area contributed by atoms with E-state index in [1.165, 1.54) is 0 Å². The largest absolute Gasteiger partial charge is 0.457 e. The molecule has 1 heterocycles. The quantitative estimate of drug-likeness (QED) is 0.487. The first-order valence-electron chi connectivity index (χ1n) is 4.14. The molecule has 1 saturated heterocycles. The van der Waals surface area contributed by atoms with Crippen molar-refractivity contribution in [3.63, 3.8) is 0 Å². The van der Waals surface area contributed by atoms with Crippen molar-refractivity contribution in [3.05, 3.63) is 0 Å². The summed E-state index contributed by atoms with van der Waals surface area (Å²) in [5.74, 6) is -0.466. The number of ether oxygens (including phenoxy) is 1. The van der Waals surface area contributed by atoms with Crippen molar-refractivity contribution in [2.24, 2.45) is 0 Å². The molecule has 11 heavy (non-hydrogen) atoms. The van der Waals surface area contributed by atoms with Crippen molar-refractivity contribution in [1.82, 2.24) is 0 Å². The van der Waals surface area contributed by atoms with Gasteiger partial charge in [-0.2, -0.15) is 0 Å². The lowest BCUT2D eigenvalue weighted by molar-refractivity contribution is -0.198. The Balaban J connectivity index is 2.05. The standard InChI is InChI=1S/C8H14O3/c1-2-3-4-5-6-7(9)8(10)11-6/h6-7,9H,2-5H2,1H3. The number of aliphatic hydroxyl groups is 1. The lowest BCUT2D eigenvalue weighted by Crippen LogP contribution is -2.49. The molecule has 2 unspecified atom stereocenters. The van der Waals surface area contributed by atoms with E-state index in [0.29, 0.717) is 0 Å². The van der Waals surface area contributed by atoms with Crippen LogP contribution in [0.1, 0.15) is 32.6 Å². The monoisotopic (exact) mass is 158 g/mol. The van der Waals surface area contributed by atoms with E-state index < -0.39 is 12.1 Å². The van der Waals surface area contributed by atoms with E-state index in [9.17, 15) is 4.79 Å². The van der Waals surface area contributed by atoms with Crippen LogP contribution in [0.15, 0.2) is 0 Å². The summed E-state index contributed by atoms with van der Waals surface area (Å²) in [5, 5.41) is 9.00. The Bertz CT molecular complexity index is 144. The van der Waals surface area contributed by atoms with E-state index in [1.807, 2.05) is 0 Å². The number of rotatable bonds is 4. The Hall–Kier alpha value is -0.570.